The standard InChI is InChI=1S/C22H21N5O4S/c1-27-13-14(12-25-27)11-24-22(29)31-16-4-6-17-18(10-23)21(32-19(17)9-16)26-20(28)7-5-15-3-2-8-30-15/h2-3,5,7-8,12-13,16H,4,6,9,11H2,1H3,(H,24,29)(H,26,28)/b7-5+. The number of aryl methyl sites for hydroxylation is 1. The summed E-state index contributed by atoms with van der Waals surface area (Å²) in [5, 5.41) is 19.7. The number of nitrogens with zero attached hydrogens (tertiary/aromatic N) is 3. The molecule has 2 amide bonds. The zero-order valence-electron chi connectivity index (χ0n) is 17.3. The van der Waals surface area contributed by atoms with Gasteiger partial charge in [-0.25, -0.2) is 4.79 Å². The van der Waals surface area contributed by atoms with Crippen LogP contribution in [0.15, 0.2) is 41.3 Å². The molecule has 3 aromatic rings. The third-order valence-corrected chi connectivity index (χ3v) is 6.15. The van der Waals surface area contributed by atoms with Crippen molar-refractivity contribution in [1.82, 2.24) is 15.1 Å². The highest BCUT2D eigenvalue weighted by Crippen LogP contribution is 2.38. The van der Waals surface area contributed by atoms with Crippen molar-refractivity contribution in [2.75, 3.05) is 5.32 Å². The Balaban J connectivity index is 1.35. The second-order valence-corrected chi connectivity index (χ2v) is 8.41. The van der Waals surface area contributed by atoms with Gasteiger partial charge in [0.1, 0.15) is 22.9 Å². The number of hydrogen-bond acceptors (Lipinski definition) is 7. The number of ether oxygens (including phenoxy) is 1. The number of carbonyl (C=O) groups excluding carboxylic acids is 2. The van der Waals surface area contributed by atoms with E-state index in [-0.39, 0.29) is 12.0 Å². The van der Waals surface area contributed by atoms with Crippen molar-refractivity contribution in [3.8, 4) is 6.07 Å². The average molecular weight is 452 g/mol. The van der Waals surface area contributed by atoms with Crippen LogP contribution in [0.1, 0.15) is 33.7 Å². The van der Waals surface area contributed by atoms with Crippen LogP contribution in [-0.2, 0) is 36.0 Å². The maximum Gasteiger partial charge on any atom is 0.407 e. The lowest BCUT2D eigenvalue weighted by Crippen LogP contribution is -2.31. The quantitative estimate of drug-likeness (QED) is 0.554. The largest absolute Gasteiger partial charge is 0.465 e. The fourth-order valence-electron chi connectivity index (χ4n) is 3.49. The Morgan fingerprint density at radius 1 is 1.50 bits per heavy atom. The van der Waals surface area contributed by atoms with Crippen LogP contribution in [0.2, 0.25) is 0 Å². The first-order valence-electron chi connectivity index (χ1n) is 10.0. The summed E-state index contributed by atoms with van der Waals surface area (Å²) in [6.07, 6.45) is 8.89. The molecular formula is C22H21N5O4S. The van der Waals surface area contributed by atoms with E-state index in [4.69, 9.17) is 9.15 Å². The summed E-state index contributed by atoms with van der Waals surface area (Å²) >= 11 is 1.35. The van der Waals surface area contributed by atoms with E-state index in [0.29, 0.717) is 42.1 Å². The fourth-order valence-corrected chi connectivity index (χ4v) is 4.76. The zero-order chi connectivity index (χ0) is 22.5. The van der Waals surface area contributed by atoms with Crippen LogP contribution in [0, 0.1) is 11.3 Å². The first kappa shape index (κ1) is 21.4. The first-order valence-corrected chi connectivity index (χ1v) is 10.8. The predicted molar refractivity (Wildman–Crippen MR) is 118 cm³/mol. The maximum absolute atomic E-state index is 12.3. The molecule has 0 radical (unpaired) electrons. The van der Waals surface area contributed by atoms with Gasteiger partial charge in [0.2, 0.25) is 5.91 Å². The summed E-state index contributed by atoms with van der Waals surface area (Å²) in [6.45, 7) is 0.337. The molecule has 2 N–H and O–H groups in total. The summed E-state index contributed by atoms with van der Waals surface area (Å²) < 4.78 is 12.4. The minimum absolute atomic E-state index is 0.288. The number of alkyl carbamates (subject to hydrolysis) is 1. The Kier molecular flexibility index (Phi) is 6.37. The molecule has 0 saturated heterocycles. The summed E-state index contributed by atoms with van der Waals surface area (Å²) in [5.41, 5.74) is 2.27. The molecule has 0 aliphatic heterocycles. The number of aromatic nitrogens is 2. The Labute approximate surface area is 188 Å². The molecule has 0 bridgehead atoms. The second-order valence-electron chi connectivity index (χ2n) is 7.30. The summed E-state index contributed by atoms with van der Waals surface area (Å²) in [5.74, 6) is 0.215. The van der Waals surface area contributed by atoms with E-state index in [9.17, 15) is 14.9 Å². The molecule has 9 nitrogen and oxygen atoms in total. The van der Waals surface area contributed by atoms with Gasteiger partial charge in [0, 0.05) is 42.7 Å². The Hall–Kier alpha value is -3.84. The molecule has 32 heavy (non-hydrogen) atoms. The van der Waals surface area contributed by atoms with Crippen LogP contribution < -0.4 is 10.6 Å². The fraction of sp³-hybridized carbons (Fsp3) is 0.273. The van der Waals surface area contributed by atoms with E-state index < -0.39 is 6.09 Å². The number of fused-ring (bicyclic) bond motifs is 1. The highest BCUT2D eigenvalue weighted by atomic mass is 32.1. The Morgan fingerprint density at radius 2 is 2.38 bits per heavy atom. The van der Waals surface area contributed by atoms with E-state index in [1.54, 1.807) is 29.1 Å². The highest BCUT2D eigenvalue weighted by Gasteiger charge is 2.28. The lowest BCUT2D eigenvalue weighted by Gasteiger charge is -2.22. The third kappa shape index (κ3) is 5.07. The third-order valence-electron chi connectivity index (χ3n) is 4.98. The van der Waals surface area contributed by atoms with Crippen LogP contribution in [-0.4, -0.2) is 27.9 Å². The molecule has 4 rings (SSSR count). The van der Waals surface area contributed by atoms with Gasteiger partial charge in [-0.3, -0.25) is 9.48 Å². The number of rotatable bonds is 6. The van der Waals surface area contributed by atoms with Crippen LogP contribution in [0.4, 0.5) is 9.80 Å². The van der Waals surface area contributed by atoms with Crippen molar-refractivity contribution in [3.05, 3.63) is 64.2 Å². The molecule has 0 saturated carbocycles. The SMILES string of the molecule is Cn1cc(CNC(=O)OC2CCc3c(sc(NC(=O)/C=C/c4ccco4)c3C#N)C2)cn1. The van der Waals surface area contributed by atoms with Crippen molar-refractivity contribution in [3.63, 3.8) is 0 Å². The summed E-state index contributed by atoms with van der Waals surface area (Å²) in [6, 6.07) is 5.67. The first-order chi connectivity index (χ1) is 15.5. The van der Waals surface area contributed by atoms with Gasteiger partial charge >= 0.3 is 6.09 Å². The van der Waals surface area contributed by atoms with Crippen molar-refractivity contribution >= 4 is 34.4 Å². The van der Waals surface area contributed by atoms with E-state index in [0.717, 1.165) is 16.0 Å². The number of thiophene rings is 1. The number of hydrogen-bond donors (Lipinski definition) is 2. The van der Waals surface area contributed by atoms with E-state index in [1.165, 1.54) is 23.7 Å². The minimum Gasteiger partial charge on any atom is -0.465 e. The van der Waals surface area contributed by atoms with E-state index >= 15 is 0 Å². The smallest absolute Gasteiger partial charge is 0.407 e. The molecule has 3 aromatic heterocycles. The number of amides is 2. The second kappa shape index (κ2) is 9.53. The predicted octanol–water partition coefficient (Wildman–Crippen LogP) is 3.38. The molecule has 0 fully saturated rings. The Morgan fingerprint density at radius 3 is 3.09 bits per heavy atom. The van der Waals surface area contributed by atoms with Gasteiger partial charge in [-0.1, -0.05) is 0 Å². The van der Waals surface area contributed by atoms with Crippen LogP contribution in [0.5, 0.6) is 0 Å². The molecule has 1 aliphatic carbocycles. The van der Waals surface area contributed by atoms with Gasteiger partial charge < -0.3 is 19.8 Å². The van der Waals surface area contributed by atoms with Crippen molar-refractivity contribution in [2.45, 2.75) is 31.9 Å². The normalized spacial score (nSPS) is 15.2. The number of carbonyl (C=O) groups is 2. The van der Waals surface area contributed by atoms with Crippen molar-refractivity contribution in [1.29, 1.82) is 5.26 Å². The monoisotopic (exact) mass is 451 g/mol. The number of nitriles is 1. The van der Waals surface area contributed by atoms with Gasteiger partial charge in [-0.2, -0.15) is 10.4 Å². The zero-order valence-corrected chi connectivity index (χ0v) is 18.1. The molecule has 3 heterocycles. The molecule has 164 valence electrons. The van der Waals surface area contributed by atoms with Crippen molar-refractivity contribution < 1.29 is 18.7 Å². The van der Waals surface area contributed by atoms with Crippen LogP contribution >= 0.6 is 11.3 Å². The molecular weight excluding hydrogens is 430 g/mol. The molecule has 1 aliphatic rings. The lowest BCUT2D eigenvalue weighted by atomic mass is 9.94. The van der Waals surface area contributed by atoms with Gasteiger partial charge in [-0.15, -0.1) is 11.3 Å². The number of furan rings is 1. The van der Waals surface area contributed by atoms with Gasteiger partial charge in [0.15, 0.2) is 0 Å². The summed E-state index contributed by atoms with van der Waals surface area (Å²) in [7, 11) is 1.81. The van der Waals surface area contributed by atoms with Crippen LogP contribution in [0.25, 0.3) is 6.08 Å². The maximum atomic E-state index is 12.3. The number of nitrogens with one attached hydrogen (secondary N) is 2. The van der Waals surface area contributed by atoms with E-state index in [2.05, 4.69) is 21.8 Å². The minimum atomic E-state index is -0.490. The van der Waals surface area contributed by atoms with Crippen LogP contribution in [0.3, 0.4) is 0 Å². The molecule has 1 unspecified atom stereocenters. The van der Waals surface area contributed by atoms with Gasteiger partial charge in [-0.05, 0) is 36.6 Å². The topological polar surface area (TPSA) is 122 Å². The van der Waals surface area contributed by atoms with E-state index in [1.807, 2.05) is 13.2 Å². The summed E-state index contributed by atoms with van der Waals surface area (Å²) in [4.78, 5) is 25.4. The van der Waals surface area contributed by atoms with Crippen molar-refractivity contribution in [2.24, 2.45) is 7.05 Å². The highest BCUT2D eigenvalue weighted by molar-refractivity contribution is 7.16. The Bertz CT molecular complexity index is 1190. The average Bonchev–Trinajstić information content (AvgIpc) is 3.50. The molecule has 1 atom stereocenters. The lowest BCUT2D eigenvalue weighted by molar-refractivity contribution is -0.111. The molecule has 10 heteroatoms. The number of anilines is 1. The van der Waals surface area contributed by atoms with Gasteiger partial charge in [0.25, 0.3) is 0 Å². The van der Waals surface area contributed by atoms with Gasteiger partial charge in [0.05, 0.1) is 18.0 Å². The molecule has 0 spiro atoms. The molecule has 0 aromatic carbocycles.